The number of aliphatic hydroxyl groups is 1. The van der Waals surface area contributed by atoms with Crippen LogP contribution in [0.25, 0.3) is 20.8 Å². The second kappa shape index (κ2) is 8.67. The number of thiazole rings is 1. The van der Waals surface area contributed by atoms with Crippen LogP contribution in [0.2, 0.25) is 0 Å². The van der Waals surface area contributed by atoms with Gasteiger partial charge in [0.15, 0.2) is 0 Å². The van der Waals surface area contributed by atoms with Gasteiger partial charge in [0.25, 0.3) is 0 Å². The fourth-order valence-electron chi connectivity index (χ4n) is 4.41. The summed E-state index contributed by atoms with van der Waals surface area (Å²) in [5.41, 5.74) is 3.97. The maximum atomic E-state index is 9.55. The smallest absolute Gasteiger partial charge is 0.225 e. The lowest BCUT2D eigenvalue weighted by molar-refractivity contribution is 0.229. The van der Waals surface area contributed by atoms with Crippen LogP contribution in [0.3, 0.4) is 0 Å². The van der Waals surface area contributed by atoms with E-state index < -0.39 is 0 Å². The summed E-state index contributed by atoms with van der Waals surface area (Å²) >= 11 is 1.68. The summed E-state index contributed by atoms with van der Waals surface area (Å²) in [4.78, 5) is 19.2. The Balaban J connectivity index is 1.55. The maximum Gasteiger partial charge on any atom is 0.225 e. The average Bonchev–Trinajstić information content (AvgIpc) is 3.27. The van der Waals surface area contributed by atoms with Gasteiger partial charge < -0.3 is 15.7 Å². The summed E-state index contributed by atoms with van der Waals surface area (Å²) in [6.45, 7) is 4.47. The van der Waals surface area contributed by atoms with E-state index in [1.54, 1.807) is 11.3 Å². The summed E-state index contributed by atoms with van der Waals surface area (Å²) in [6.07, 6.45) is 9.27. The van der Waals surface area contributed by atoms with Crippen molar-refractivity contribution in [2.24, 2.45) is 5.92 Å². The molecule has 5 rings (SSSR count). The quantitative estimate of drug-likeness (QED) is 0.474. The predicted octanol–water partition coefficient (Wildman–Crippen LogP) is 4.56. The third kappa shape index (κ3) is 4.36. The highest BCUT2D eigenvalue weighted by molar-refractivity contribution is 7.21. The number of aliphatic hydroxyl groups excluding tert-OH is 1. The van der Waals surface area contributed by atoms with Gasteiger partial charge in [-0.3, -0.25) is 4.98 Å². The minimum Gasteiger partial charge on any atom is -0.396 e. The van der Waals surface area contributed by atoms with Crippen LogP contribution in [0.4, 0.5) is 11.8 Å². The van der Waals surface area contributed by atoms with Crippen molar-refractivity contribution in [3.63, 3.8) is 0 Å². The molecule has 2 aliphatic carbocycles. The van der Waals surface area contributed by atoms with Crippen LogP contribution in [0.5, 0.6) is 0 Å². The number of rotatable bonds is 8. The van der Waals surface area contributed by atoms with Crippen LogP contribution in [-0.4, -0.2) is 43.7 Å². The van der Waals surface area contributed by atoms with Crippen LogP contribution in [0, 0.1) is 12.8 Å². The first-order chi connectivity index (χ1) is 15.1. The second-order valence-corrected chi connectivity index (χ2v) is 9.88. The number of nitrogens with one attached hydrogen (secondary N) is 2. The van der Waals surface area contributed by atoms with E-state index in [0.29, 0.717) is 23.9 Å². The molecule has 3 heterocycles. The zero-order valence-electron chi connectivity index (χ0n) is 18.2. The molecule has 2 unspecified atom stereocenters. The van der Waals surface area contributed by atoms with Gasteiger partial charge in [-0.1, -0.05) is 13.3 Å². The molecule has 2 saturated carbocycles. The Labute approximate surface area is 186 Å². The molecule has 2 aliphatic rings. The van der Waals surface area contributed by atoms with Crippen LogP contribution in [-0.2, 0) is 6.42 Å². The number of hydrogen-bond acceptors (Lipinski definition) is 8. The molecule has 2 atom stereocenters. The zero-order valence-corrected chi connectivity index (χ0v) is 19.0. The molecular weight excluding hydrogens is 408 g/mol. The predicted molar refractivity (Wildman–Crippen MR) is 126 cm³/mol. The fraction of sp³-hybridized carbons (Fsp3) is 0.565. The molecule has 0 radical (unpaired) electrons. The lowest BCUT2D eigenvalue weighted by Gasteiger charge is -2.18. The zero-order chi connectivity index (χ0) is 21.4. The number of aryl methyl sites for hydroxylation is 2. The molecular formula is C23H30N6OS. The first-order valence-corrected chi connectivity index (χ1v) is 12.2. The molecule has 0 spiro atoms. The maximum absolute atomic E-state index is 9.55. The largest absolute Gasteiger partial charge is 0.396 e. The monoisotopic (exact) mass is 438 g/mol. The SMILES string of the molecule is CCCc1nccc2sc(-c3c(C)nc(NC4CC4)nc3NC3CCC(CO)C3)nc12. The van der Waals surface area contributed by atoms with Crippen LogP contribution in [0.1, 0.15) is 56.8 Å². The van der Waals surface area contributed by atoms with E-state index in [9.17, 15) is 5.11 Å². The standard InChI is InChI=1S/C23H30N6OS/c1-3-4-17-20-18(9-10-24-17)31-22(28-20)19-13(2)25-23(27-15-7-8-15)29-21(19)26-16-6-5-14(11-16)12-30/h9-10,14-16,30H,3-8,11-12H2,1-2H3,(H2,25,26,27,29). The van der Waals surface area contributed by atoms with E-state index in [4.69, 9.17) is 15.0 Å². The first-order valence-electron chi connectivity index (χ1n) is 11.4. The van der Waals surface area contributed by atoms with Crippen molar-refractivity contribution in [2.75, 3.05) is 17.2 Å². The third-order valence-electron chi connectivity index (χ3n) is 6.22. The summed E-state index contributed by atoms with van der Waals surface area (Å²) in [6, 6.07) is 2.85. The Morgan fingerprint density at radius 2 is 1.94 bits per heavy atom. The number of anilines is 2. The molecule has 3 aromatic heterocycles. The molecule has 0 aliphatic heterocycles. The van der Waals surface area contributed by atoms with Gasteiger partial charge in [0.2, 0.25) is 5.95 Å². The van der Waals surface area contributed by atoms with Crippen molar-refractivity contribution in [3.8, 4) is 10.6 Å². The van der Waals surface area contributed by atoms with Crippen molar-refractivity contribution < 1.29 is 5.11 Å². The third-order valence-corrected chi connectivity index (χ3v) is 7.26. The van der Waals surface area contributed by atoms with E-state index in [1.807, 2.05) is 19.2 Å². The van der Waals surface area contributed by atoms with Gasteiger partial charge in [-0.2, -0.15) is 4.98 Å². The van der Waals surface area contributed by atoms with Gasteiger partial charge in [0.05, 0.1) is 21.7 Å². The van der Waals surface area contributed by atoms with Gasteiger partial charge >= 0.3 is 0 Å². The van der Waals surface area contributed by atoms with Crippen LogP contribution < -0.4 is 10.6 Å². The molecule has 3 N–H and O–H groups in total. The number of fused-ring (bicyclic) bond motifs is 1. The van der Waals surface area contributed by atoms with E-state index in [0.717, 1.165) is 70.1 Å². The minimum atomic E-state index is 0.257. The van der Waals surface area contributed by atoms with Gasteiger partial charge in [-0.05, 0) is 57.4 Å². The molecule has 7 nitrogen and oxygen atoms in total. The number of hydrogen-bond donors (Lipinski definition) is 3. The molecule has 3 aromatic rings. The van der Waals surface area contributed by atoms with E-state index in [-0.39, 0.29) is 6.61 Å². The van der Waals surface area contributed by atoms with Crippen molar-refractivity contribution in [3.05, 3.63) is 23.7 Å². The molecule has 8 heteroatoms. The molecule has 0 saturated heterocycles. The Morgan fingerprint density at radius 1 is 1.10 bits per heavy atom. The Kier molecular flexibility index (Phi) is 5.75. The Hall–Kier alpha value is -2.32. The minimum absolute atomic E-state index is 0.257. The van der Waals surface area contributed by atoms with Crippen LogP contribution >= 0.6 is 11.3 Å². The van der Waals surface area contributed by atoms with Crippen LogP contribution in [0.15, 0.2) is 12.3 Å². The topological polar surface area (TPSA) is 95.9 Å². The fourth-order valence-corrected chi connectivity index (χ4v) is 5.49. The highest BCUT2D eigenvalue weighted by atomic mass is 32.1. The lowest BCUT2D eigenvalue weighted by Crippen LogP contribution is -2.19. The molecule has 0 amide bonds. The molecule has 2 fully saturated rings. The Morgan fingerprint density at radius 3 is 2.68 bits per heavy atom. The normalized spacial score (nSPS) is 21.0. The number of aromatic nitrogens is 4. The van der Waals surface area contributed by atoms with Gasteiger partial charge in [0.1, 0.15) is 16.3 Å². The van der Waals surface area contributed by atoms with Crippen molar-refractivity contribution >= 4 is 33.3 Å². The highest BCUT2D eigenvalue weighted by Gasteiger charge is 2.28. The number of nitrogens with zero attached hydrogens (tertiary/aromatic N) is 4. The van der Waals surface area contributed by atoms with Gasteiger partial charge in [-0.25, -0.2) is 9.97 Å². The van der Waals surface area contributed by atoms with Crippen molar-refractivity contribution in [2.45, 2.75) is 70.9 Å². The van der Waals surface area contributed by atoms with E-state index in [1.165, 1.54) is 12.8 Å². The average molecular weight is 439 g/mol. The molecule has 0 aromatic carbocycles. The second-order valence-electron chi connectivity index (χ2n) is 8.85. The van der Waals surface area contributed by atoms with Crippen molar-refractivity contribution in [1.29, 1.82) is 0 Å². The Bertz CT molecular complexity index is 1080. The number of pyridine rings is 1. The summed E-state index contributed by atoms with van der Waals surface area (Å²) < 4.78 is 1.15. The first kappa shape index (κ1) is 20.6. The lowest BCUT2D eigenvalue weighted by atomic mass is 10.1. The summed E-state index contributed by atoms with van der Waals surface area (Å²) in [5, 5.41) is 17.6. The molecule has 164 valence electrons. The van der Waals surface area contributed by atoms with Gasteiger partial charge in [0, 0.05) is 24.9 Å². The van der Waals surface area contributed by atoms with Gasteiger partial charge in [-0.15, -0.1) is 11.3 Å². The molecule has 0 bridgehead atoms. The van der Waals surface area contributed by atoms with E-state index in [2.05, 4.69) is 22.5 Å². The summed E-state index contributed by atoms with van der Waals surface area (Å²) in [5.74, 6) is 1.92. The summed E-state index contributed by atoms with van der Waals surface area (Å²) in [7, 11) is 0. The molecule has 31 heavy (non-hydrogen) atoms. The highest BCUT2D eigenvalue weighted by Crippen LogP contribution is 2.39. The van der Waals surface area contributed by atoms with E-state index >= 15 is 0 Å². The van der Waals surface area contributed by atoms with Crippen molar-refractivity contribution in [1.82, 2.24) is 19.9 Å².